The molecular weight excluding hydrogens is 300 g/mol. The Hall–Kier alpha value is -1.79. The van der Waals surface area contributed by atoms with Crippen LogP contribution < -0.4 is 5.32 Å². The largest absolute Gasteiger partial charge is 0.387 e. The highest BCUT2D eigenvalue weighted by Gasteiger charge is 2.33. The number of benzene rings is 1. The second-order valence-corrected chi connectivity index (χ2v) is 6.64. The summed E-state index contributed by atoms with van der Waals surface area (Å²) < 4.78 is 5.19. The van der Waals surface area contributed by atoms with Gasteiger partial charge in [-0.2, -0.15) is 11.8 Å². The summed E-state index contributed by atoms with van der Waals surface area (Å²) in [7, 11) is 0. The van der Waals surface area contributed by atoms with Gasteiger partial charge in [-0.3, -0.25) is 4.79 Å². The zero-order valence-electron chi connectivity index (χ0n) is 12.3. The molecule has 1 saturated heterocycles. The van der Waals surface area contributed by atoms with Crippen molar-refractivity contribution in [2.75, 3.05) is 18.1 Å². The third-order valence-corrected chi connectivity index (χ3v) is 5.03. The summed E-state index contributed by atoms with van der Waals surface area (Å²) in [5, 5.41) is 17.1. The third kappa shape index (κ3) is 3.03. The van der Waals surface area contributed by atoms with Crippen LogP contribution in [0, 0.1) is 6.92 Å². The molecule has 3 rings (SSSR count). The predicted octanol–water partition coefficient (Wildman–Crippen LogP) is 2.25. The molecule has 1 aromatic heterocycles. The van der Waals surface area contributed by atoms with E-state index in [-0.39, 0.29) is 12.5 Å². The maximum atomic E-state index is 12.5. The van der Waals surface area contributed by atoms with Gasteiger partial charge in [-0.15, -0.1) is 0 Å². The standard InChI is InChI=1S/C16H18N2O3S/c1-11-13(14(18-21-11)12-5-3-2-4-6-12)15(19)17-9-16(20)7-8-22-10-16/h2-6,20H,7-10H2,1H3,(H,17,19). The Morgan fingerprint density at radius 3 is 2.91 bits per heavy atom. The highest BCUT2D eigenvalue weighted by Crippen LogP contribution is 2.28. The Morgan fingerprint density at radius 1 is 1.45 bits per heavy atom. The van der Waals surface area contributed by atoms with Crippen molar-refractivity contribution in [1.29, 1.82) is 0 Å². The number of amides is 1. The van der Waals surface area contributed by atoms with Gasteiger partial charge in [0.2, 0.25) is 0 Å². The maximum Gasteiger partial charge on any atom is 0.257 e. The lowest BCUT2D eigenvalue weighted by atomic mass is 10.0. The Labute approximate surface area is 133 Å². The van der Waals surface area contributed by atoms with Gasteiger partial charge < -0.3 is 14.9 Å². The zero-order valence-corrected chi connectivity index (χ0v) is 13.2. The minimum atomic E-state index is -0.807. The quantitative estimate of drug-likeness (QED) is 0.904. The van der Waals surface area contributed by atoms with Crippen molar-refractivity contribution in [2.24, 2.45) is 0 Å². The SMILES string of the molecule is Cc1onc(-c2ccccc2)c1C(=O)NCC1(O)CCSC1. The first kappa shape index (κ1) is 15.1. The summed E-state index contributed by atoms with van der Waals surface area (Å²) in [5.41, 5.74) is 0.988. The van der Waals surface area contributed by atoms with Gasteiger partial charge in [0.1, 0.15) is 17.0 Å². The van der Waals surface area contributed by atoms with E-state index < -0.39 is 5.60 Å². The summed E-state index contributed by atoms with van der Waals surface area (Å²) >= 11 is 1.70. The van der Waals surface area contributed by atoms with Gasteiger partial charge >= 0.3 is 0 Å². The van der Waals surface area contributed by atoms with Crippen LogP contribution in [0.4, 0.5) is 0 Å². The molecule has 2 heterocycles. The Kier molecular flexibility index (Phi) is 4.22. The van der Waals surface area contributed by atoms with E-state index in [0.717, 1.165) is 11.3 Å². The summed E-state index contributed by atoms with van der Waals surface area (Å²) in [4.78, 5) is 12.5. The molecule has 1 fully saturated rings. The fraction of sp³-hybridized carbons (Fsp3) is 0.375. The molecule has 5 nitrogen and oxygen atoms in total. The molecule has 1 aromatic carbocycles. The van der Waals surface area contributed by atoms with Gasteiger partial charge in [0.05, 0.1) is 5.60 Å². The second kappa shape index (κ2) is 6.14. The predicted molar refractivity (Wildman–Crippen MR) is 85.9 cm³/mol. The second-order valence-electron chi connectivity index (χ2n) is 5.54. The van der Waals surface area contributed by atoms with E-state index in [9.17, 15) is 9.90 Å². The molecular formula is C16H18N2O3S. The molecule has 1 amide bonds. The lowest BCUT2D eigenvalue weighted by Crippen LogP contribution is -2.43. The fourth-order valence-electron chi connectivity index (χ4n) is 2.50. The van der Waals surface area contributed by atoms with E-state index in [0.29, 0.717) is 29.2 Å². The number of aliphatic hydroxyl groups is 1. The van der Waals surface area contributed by atoms with Gasteiger partial charge in [-0.1, -0.05) is 35.5 Å². The van der Waals surface area contributed by atoms with Crippen LogP contribution in [0.15, 0.2) is 34.9 Å². The monoisotopic (exact) mass is 318 g/mol. The highest BCUT2D eigenvalue weighted by molar-refractivity contribution is 7.99. The van der Waals surface area contributed by atoms with Crippen molar-refractivity contribution in [3.05, 3.63) is 41.7 Å². The van der Waals surface area contributed by atoms with E-state index in [1.165, 1.54) is 0 Å². The highest BCUT2D eigenvalue weighted by atomic mass is 32.2. The van der Waals surface area contributed by atoms with Crippen LogP contribution in [0.2, 0.25) is 0 Å². The number of thioether (sulfide) groups is 1. The number of nitrogens with zero attached hydrogens (tertiary/aromatic N) is 1. The summed E-state index contributed by atoms with van der Waals surface area (Å²) in [6, 6.07) is 9.45. The van der Waals surface area contributed by atoms with Gasteiger partial charge in [-0.25, -0.2) is 0 Å². The molecule has 1 unspecified atom stereocenters. The topological polar surface area (TPSA) is 75.4 Å². The third-order valence-electron chi connectivity index (χ3n) is 3.80. The van der Waals surface area contributed by atoms with Crippen molar-refractivity contribution >= 4 is 17.7 Å². The number of hydrogen-bond acceptors (Lipinski definition) is 5. The number of carbonyl (C=O) groups is 1. The van der Waals surface area contributed by atoms with E-state index in [1.807, 2.05) is 30.3 Å². The number of carbonyl (C=O) groups excluding carboxylic acids is 1. The molecule has 0 spiro atoms. The van der Waals surface area contributed by atoms with Crippen LogP contribution in [0.3, 0.4) is 0 Å². The number of nitrogens with one attached hydrogen (secondary N) is 1. The van der Waals surface area contributed by atoms with Gasteiger partial charge in [0, 0.05) is 17.9 Å². The normalized spacial score (nSPS) is 21.0. The van der Waals surface area contributed by atoms with Crippen molar-refractivity contribution in [2.45, 2.75) is 18.9 Å². The van der Waals surface area contributed by atoms with Crippen LogP contribution in [-0.2, 0) is 0 Å². The Bertz CT molecular complexity index is 663. The molecule has 1 aliphatic heterocycles. The average molecular weight is 318 g/mol. The summed E-state index contributed by atoms with van der Waals surface area (Å²) in [6.07, 6.45) is 0.701. The minimum Gasteiger partial charge on any atom is -0.387 e. The lowest BCUT2D eigenvalue weighted by Gasteiger charge is -2.21. The first-order chi connectivity index (χ1) is 10.6. The molecule has 0 radical (unpaired) electrons. The van der Waals surface area contributed by atoms with Crippen LogP contribution in [0.5, 0.6) is 0 Å². The van der Waals surface area contributed by atoms with Crippen LogP contribution in [0.25, 0.3) is 11.3 Å². The van der Waals surface area contributed by atoms with Gasteiger partial charge in [0.15, 0.2) is 0 Å². The van der Waals surface area contributed by atoms with Gasteiger partial charge in [-0.05, 0) is 19.1 Å². The smallest absolute Gasteiger partial charge is 0.257 e. The Morgan fingerprint density at radius 2 is 2.23 bits per heavy atom. The molecule has 1 atom stereocenters. The molecule has 2 N–H and O–H groups in total. The van der Waals surface area contributed by atoms with Crippen molar-refractivity contribution in [1.82, 2.24) is 10.5 Å². The van der Waals surface area contributed by atoms with Gasteiger partial charge in [0.25, 0.3) is 5.91 Å². The molecule has 6 heteroatoms. The summed E-state index contributed by atoms with van der Waals surface area (Å²) in [6.45, 7) is 1.96. The average Bonchev–Trinajstić information content (AvgIpc) is 3.13. The lowest BCUT2D eigenvalue weighted by molar-refractivity contribution is 0.0612. The van der Waals surface area contributed by atoms with E-state index in [2.05, 4.69) is 10.5 Å². The Balaban J connectivity index is 1.79. The molecule has 116 valence electrons. The minimum absolute atomic E-state index is 0.248. The molecule has 0 bridgehead atoms. The van der Waals surface area contributed by atoms with E-state index in [4.69, 9.17) is 4.52 Å². The summed E-state index contributed by atoms with van der Waals surface area (Å²) in [5.74, 6) is 1.79. The van der Waals surface area contributed by atoms with Crippen molar-refractivity contribution < 1.29 is 14.4 Å². The van der Waals surface area contributed by atoms with Crippen LogP contribution in [-0.4, -0.2) is 39.8 Å². The molecule has 22 heavy (non-hydrogen) atoms. The number of rotatable bonds is 4. The first-order valence-corrected chi connectivity index (χ1v) is 8.34. The molecule has 0 aliphatic carbocycles. The van der Waals surface area contributed by atoms with Crippen molar-refractivity contribution in [3.8, 4) is 11.3 Å². The number of aryl methyl sites for hydroxylation is 1. The molecule has 0 saturated carbocycles. The van der Waals surface area contributed by atoms with E-state index in [1.54, 1.807) is 18.7 Å². The van der Waals surface area contributed by atoms with E-state index >= 15 is 0 Å². The van der Waals surface area contributed by atoms with Crippen molar-refractivity contribution in [3.63, 3.8) is 0 Å². The van der Waals surface area contributed by atoms with Crippen LogP contribution >= 0.6 is 11.8 Å². The molecule has 1 aliphatic rings. The van der Waals surface area contributed by atoms with Crippen LogP contribution in [0.1, 0.15) is 22.5 Å². The number of hydrogen-bond donors (Lipinski definition) is 2. The first-order valence-electron chi connectivity index (χ1n) is 7.19. The molecule has 2 aromatic rings. The fourth-order valence-corrected chi connectivity index (χ4v) is 3.80. The zero-order chi connectivity index (χ0) is 15.6. The maximum absolute atomic E-state index is 12.5. The number of aromatic nitrogens is 1.